The van der Waals surface area contributed by atoms with Crippen molar-refractivity contribution in [3.8, 4) is 0 Å². The largest absolute Gasteiger partial charge is 0.465 e. The quantitative estimate of drug-likeness (QED) is 0.0337. The molecule has 0 bridgehead atoms. The summed E-state index contributed by atoms with van der Waals surface area (Å²) in [7, 11) is 0. The van der Waals surface area contributed by atoms with E-state index in [-0.39, 0.29) is 50.3 Å². The standard InChI is InChI=1S/C101H196O8/c1-5-9-13-17-21-25-29-33-37-41-45-49-53-57-61-65-69-73-77-81-85-89-97(102)106-93-101(94-107-98(103)90-86-82-78-74-70-66-62-58-54-50-46-42-38-34-30-26-22-18-14-10-6-2,95-108-99(104)91-87-83-79-75-71-67-63-59-55-51-47-43-39-35-31-27-23-19-15-11-7-3)96-109-100(105)92-88-84-80-76-72-68-64-60-56-52-48-44-40-36-32-28-24-20-16-12-8-4/h5-96H2,1-4H3. The van der Waals surface area contributed by atoms with Gasteiger partial charge in [0.2, 0.25) is 0 Å². The summed E-state index contributed by atoms with van der Waals surface area (Å²) in [6.07, 6.45) is 111. The van der Waals surface area contributed by atoms with Gasteiger partial charge in [0.25, 0.3) is 0 Å². The fourth-order valence-electron chi connectivity index (χ4n) is 16.3. The Kier molecular flexibility index (Phi) is 91.2. The number of ether oxygens (including phenoxy) is 4. The molecule has 0 aromatic heterocycles. The van der Waals surface area contributed by atoms with Crippen molar-refractivity contribution in [2.75, 3.05) is 26.4 Å². The second kappa shape index (κ2) is 93.0. The lowest BCUT2D eigenvalue weighted by Gasteiger charge is -2.31. The predicted molar refractivity (Wildman–Crippen MR) is 475 cm³/mol. The molecule has 0 amide bonds. The molecule has 0 spiro atoms. The van der Waals surface area contributed by atoms with E-state index in [0.717, 1.165) is 77.0 Å². The summed E-state index contributed by atoms with van der Waals surface area (Å²) >= 11 is 0. The van der Waals surface area contributed by atoms with Gasteiger partial charge < -0.3 is 18.9 Å². The van der Waals surface area contributed by atoms with E-state index < -0.39 is 5.41 Å². The first-order chi connectivity index (χ1) is 53.8. The van der Waals surface area contributed by atoms with Gasteiger partial charge >= 0.3 is 23.9 Å². The van der Waals surface area contributed by atoms with E-state index in [1.807, 2.05) is 0 Å². The van der Waals surface area contributed by atoms with Crippen LogP contribution in [-0.2, 0) is 38.1 Å². The molecule has 0 fully saturated rings. The zero-order valence-corrected chi connectivity index (χ0v) is 74.8. The molecular weight excluding hydrogens is 1340 g/mol. The highest BCUT2D eigenvalue weighted by Crippen LogP contribution is 2.26. The number of hydrogen-bond acceptors (Lipinski definition) is 8. The van der Waals surface area contributed by atoms with Crippen LogP contribution in [-0.4, -0.2) is 50.3 Å². The lowest BCUT2D eigenvalue weighted by molar-refractivity contribution is -0.170. The molecule has 0 heterocycles. The maximum atomic E-state index is 13.6. The van der Waals surface area contributed by atoms with Gasteiger partial charge in [-0.05, 0) is 25.7 Å². The van der Waals surface area contributed by atoms with E-state index in [9.17, 15) is 19.2 Å². The Balaban J connectivity index is 5.36. The normalized spacial score (nSPS) is 11.7. The van der Waals surface area contributed by atoms with Crippen molar-refractivity contribution >= 4 is 23.9 Å². The molecule has 0 radical (unpaired) electrons. The van der Waals surface area contributed by atoms with Crippen LogP contribution in [0.2, 0.25) is 0 Å². The molecule has 8 nitrogen and oxygen atoms in total. The summed E-state index contributed by atoms with van der Waals surface area (Å²) in [4.78, 5) is 54.4. The first-order valence-electron chi connectivity index (χ1n) is 50.4. The molecule has 0 rings (SSSR count). The summed E-state index contributed by atoms with van der Waals surface area (Å²) in [6.45, 7) is 8.56. The van der Waals surface area contributed by atoms with Gasteiger partial charge in [-0.25, -0.2) is 0 Å². The molecule has 0 atom stereocenters. The van der Waals surface area contributed by atoms with E-state index in [1.54, 1.807) is 0 Å². The molecule has 0 saturated heterocycles. The maximum Gasteiger partial charge on any atom is 0.305 e. The van der Waals surface area contributed by atoms with Crippen LogP contribution in [0.1, 0.15) is 593 Å². The third-order valence-corrected chi connectivity index (χ3v) is 24.1. The Morgan fingerprint density at radius 1 is 0.138 bits per heavy atom. The predicted octanol–water partition coefficient (Wildman–Crippen LogP) is 34.6. The summed E-state index contributed by atoms with van der Waals surface area (Å²) < 4.78 is 24.2. The highest BCUT2D eigenvalue weighted by atomic mass is 16.6. The fraction of sp³-hybridized carbons (Fsp3) is 0.960. The zero-order chi connectivity index (χ0) is 78.7. The van der Waals surface area contributed by atoms with E-state index in [4.69, 9.17) is 18.9 Å². The smallest absolute Gasteiger partial charge is 0.305 e. The average molecular weight is 1540 g/mol. The monoisotopic (exact) mass is 1540 g/mol. The number of unbranched alkanes of at least 4 members (excludes halogenated alkanes) is 80. The minimum atomic E-state index is -1.21. The molecule has 109 heavy (non-hydrogen) atoms. The molecule has 0 aliphatic heterocycles. The van der Waals surface area contributed by atoms with Crippen LogP contribution < -0.4 is 0 Å². The first-order valence-corrected chi connectivity index (χ1v) is 50.4. The number of rotatable bonds is 96. The van der Waals surface area contributed by atoms with Crippen molar-refractivity contribution in [1.29, 1.82) is 0 Å². The third-order valence-electron chi connectivity index (χ3n) is 24.1. The molecule has 0 aromatic carbocycles. The van der Waals surface area contributed by atoms with Crippen LogP contribution in [0.4, 0.5) is 0 Å². The lowest BCUT2D eigenvalue weighted by atomic mass is 9.92. The molecule has 0 N–H and O–H groups in total. The first kappa shape index (κ1) is 107. The van der Waals surface area contributed by atoms with E-state index >= 15 is 0 Å². The van der Waals surface area contributed by atoms with Gasteiger partial charge in [-0.2, -0.15) is 0 Å². The Bertz CT molecular complexity index is 1530. The van der Waals surface area contributed by atoms with Crippen LogP contribution in [0.15, 0.2) is 0 Å². The SMILES string of the molecule is CCCCCCCCCCCCCCCCCCCCCCCC(=O)OCC(COC(=O)CCCCCCCCCCCCCCCCCCCCCCC)(COC(=O)CCCCCCCCCCCCCCCCCCCCCCC)COC(=O)CCCCCCCCCCCCCCCCCCCCCCC. The van der Waals surface area contributed by atoms with E-state index in [2.05, 4.69) is 27.7 Å². The van der Waals surface area contributed by atoms with Gasteiger partial charge in [0.15, 0.2) is 0 Å². The van der Waals surface area contributed by atoms with Crippen LogP contribution in [0.3, 0.4) is 0 Å². The average Bonchev–Trinajstić information content (AvgIpc) is 0.853. The number of carbonyl (C=O) groups excluding carboxylic acids is 4. The zero-order valence-electron chi connectivity index (χ0n) is 74.8. The molecule has 0 aliphatic rings. The van der Waals surface area contributed by atoms with Crippen LogP contribution in [0.25, 0.3) is 0 Å². The van der Waals surface area contributed by atoms with Crippen LogP contribution in [0.5, 0.6) is 0 Å². The van der Waals surface area contributed by atoms with Gasteiger partial charge in [-0.15, -0.1) is 0 Å². The van der Waals surface area contributed by atoms with Gasteiger partial charge in [0.05, 0.1) is 0 Å². The van der Waals surface area contributed by atoms with Gasteiger partial charge in [0, 0.05) is 25.7 Å². The van der Waals surface area contributed by atoms with Crippen molar-refractivity contribution in [2.45, 2.75) is 593 Å². The fourth-order valence-corrected chi connectivity index (χ4v) is 16.3. The van der Waals surface area contributed by atoms with Crippen LogP contribution in [0, 0.1) is 5.41 Å². The highest BCUT2D eigenvalue weighted by molar-refractivity contribution is 5.71. The molecule has 0 saturated carbocycles. The maximum absolute atomic E-state index is 13.6. The second-order valence-electron chi connectivity index (χ2n) is 35.4. The second-order valence-corrected chi connectivity index (χ2v) is 35.4. The van der Waals surface area contributed by atoms with Crippen molar-refractivity contribution < 1.29 is 38.1 Å². The van der Waals surface area contributed by atoms with Crippen molar-refractivity contribution in [2.24, 2.45) is 5.41 Å². The van der Waals surface area contributed by atoms with Crippen LogP contribution >= 0.6 is 0 Å². The molecular formula is C101H196O8. The Hall–Kier alpha value is -2.12. The van der Waals surface area contributed by atoms with Gasteiger partial charge in [0.1, 0.15) is 31.8 Å². The number of hydrogen-bond donors (Lipinski definition) is 0. The Morgan fingerprint density at radius 2 is 0.220 bits per heavy atom. The Labute approximate surface area is 682 Å². The summed E-state index contributed by atoms with van der Waals surface area (Å²) in [5.74, 6) is -1.26. The minimum Gasteiger partial charge on any atom is -0.465 e. The number of esters is 4. The topological polar surface area (TPSA) is 105 Å². The Morgan fingerprint density at radius 3 is 0.312 bits per heavy atom. The molecule has 0 aromatic rings. The summed E-state index contributed by atoms with van der Waals surface area (Å²) in [5.41, 5.74) is -1.21. The molecule has 0 aliphatic carbocycles. The van der Waals surface area contributed by atoms with Gasteiger partial charge in [-0.3, -0.25) is 19.2 Å². The molecule has 8 heteroatoms. The highest BCUT2D eigenvalue weighted by Gasteiger charge is 2.38. The lowest BCUT2D eigenvalue weighted by Crippen LogP contribution is -2.44. The summed E-state index contributed by atoms with van der Waals surface area (Å²) in [6, 6.07) is 0. The number of carbonyl (C=O) groups is 4. The van der Waals surface area contributed by atoms with E-state index in [0.29, 0.717) is 25.7 Å². The third kappa shape index (κ3) is 88.1. The molecule has 648 valence electrons. The van der Waals surface area contributed by atoms with Crippen molar-refractivity contribution in [1.82, 2.24) is 0 Å². The molecule has 0 unspecified atom stereocenters. The summed E-state index contributed by atoms with van der Waals surface area (Å²) in [5, 5.41) is 0. The minimum absolute atomic E-state index is 0.156. The van der Waals surface area contributed by atoms with Crippen molar-refractivity contribution in [3.05, 3.63) is 0 Å². The van der Waals surface area contributed by atoms with Crippen molar-refractivity contribution in [3.63, 3.8) is 0 Å². The van der Waals surface area contributed by atoms with E-state index in [1.165, 1.54) is 462 Å². The van der Waals surface area contributed by atoms with Gasteiger partial charge in [-0.1, -0.05) is 541 Å².